The Labute approximate surface area is 132 Å². The molecule has 0 unspecified atom stereocenters. The second-order valence-electron chi connectivity index (χ2n) is 4.17. The van der Waals surface area contributed by atoms with Crippen molar-refractivity contribution in [2.24, 2.45) is 0 Å². The van der Waals surface area contributed by atoms with Crippen LogP contribution >= 0.6 is 27.5 Å². The van der Waals surface area contributed by atoms with Crippen molar-refractivity contribution in [3.8, 4) is 0 Å². The zero-order valence-corrected chi connectivity index (χ0v) is 12.7. The van der Waals surface area contributed by atoms with Gasteiger partial charge in [0.2, 0.25) is 5.91 Å². The maximum atomic E-state index is 13.5. The van der Waals surface area contributed by atoms with Crippen LogP contribution in [0.1, 0.15) is 5.56 Å². The Kier molecular flexibility index (Phi) is 4.90. The Bertz CT molecular complexity index is 665. The van der Waals surface area contributed by atoms with Gasteiger partial charge in [0.15, 0.2) is 0 Å². The van der Waals surface area contributed by atoms with E-state index in [0.29, 0.717) is 0 Å². The van der Waals surface area contributed by atoms with Crippen LogP contribution in [0.3, 0.4) is 0 Å². The zero-order valence-electron chi connectivity index (χ0n) is 10.4. The summed E-state index contributed by atoms with van der Waals surface area (Å²) in [5.41, 5.74) is -0.204. The summed E-state index contributed by atoms with van der Waals surface area (Å²) in [5, 5.41) is 2.37. The molecule has 2 nitrogen and oxygen atoms in total. The molecule has 0 spiro atoms. The van der Waals surface area contributed by atoms with Crippen LogP contribution < -0.4 is 5.32 Å². The molecule has 0 atom stereocenters. The van der Waals surface area contributed by atoms with E-state index in [4.69, 9.17) is 11.6 Å². The van der Waals surface area contributed by atoms with Gasteiger partial charge < -0.3 is 5.32 Å². The molecular formula is C14H8BrClF3NO. The van der Waals surface area contributed by atoms with Crippen LogP contribution in [0.4, 0.5) is 18.9 Å². The van der Waals surface area contributed by atoms with Crippen LogP contribution in [0.2, 0.25) is 5.02 Å². The topological polar surface area (TPSA) is 29.1 Å². The third-order valence-corrected chi connectivity index (χ3v) is 3.59. The lowest BCUT2D eigenvalue weighted by Crippen LogP contribution is -2.17. The SMILES string of the molecule is O=C(Cc1c(F)cccc1F)Nc1c(Cl)cc(F)cc1Br. The number of amides is 1. The largest absolute Gasteiger partial charge is 0.324 e. The average Bonchev–Trinajstić information content (AvgIpc) is 2.38. The molecule has 0 aliphatic heterocycles. The number of nitrogens with one attached hydrogen (secondary N) is 1. The number of rotatable bonds is 3. The highest BCUT2D eigenvalue weighted by Gasteiger charge is 2.16. The van der Waals surface area contributed by atoms with Crippen molar-refractivity contribution in [1.29, 1.82) is 0 Å². The lowest BCUT2D eigenvalue weighted by atomic mass is 10.1. The first-order valence-corrected chi connectivity index (χ1v) is 6.93. The summed E-state index contributed by atoms with van der Waals surface area (Å²) in [4.78, 5) is 11.9. The molecule has 1 N–H and O–H groups in total. The summed E-state index contributed by atoms with van der Waals surface area (Å²) in [7, 11) is 0. The van der Waals surface area contributed by atoms with E-state index in [2.05, 4.69) is 21.2 Å². The van der Waals surface area contributed by atoms with E-state index in [1.54, 1.807) is 0 Å². The molecule has 2 rings (SSSR count). The third kappa shape index (κ3) is 3.77. The van der Waals surface area contributed by atoms with Crippen LogP contribution in [-0.4, -0.2) is 5.91 Å². The van der Waals surface area contributed by atoms with Crippen LogP contribution in [0.25, 0.3) is 0 Å². The van der Waals surface area contributed by atoms with Gasteiger partial charge in [-0.2, -0.15) is 0 Å². The number of hydrogen-bond acceptors (Lipinski definition) is 1. The summed E-state index contributed by atoms with van der Waals surface area (Å²) < 4.78 is 40.2. The fourth-order valence-corrected chi connectivity index (χ4v) is 2.61. The third-order valence-electron chi connectivity index (χ3n) is 2.67. The van der Waals surface area contributed by atoms with Crippen LogP contribution in [0, 0.1) is 17.5 Å². The standard InChI is InChI=1S/C14H8BrClF3NO/c15-9-4-7(17)5-10(16)14(9)20-13(21)6-8-11(18)2-1-3-12(8)19/h1-5H,6H2,(H,20,21). The first-order valence-electron chi connectivity index (χ1n) is 5.75. The second-order valence-corrected chi connectivity index (χ2v) is 5.43. The molecule has 0 aliphatic carbocycles. The number of anilines is 1. The molecule has 0 aliphatic rings. The molecule has 110 valence electrons. The molecule has 0 saturated carbocycles. The first-order chi connectivity index (χ1) is 9.88. The van der Waals surface area contributed by atoms with Gasteiger partial charge in [-0.1, -0.05) is 17.7 Å². The molecular weight excluding hydrogens is 371 g/mol. The van der Waals surface area contributed by atoms with Gasteiger partial charge in [0.25, 0.3) is 0 Å². The van der Waals surface area contributed by atoms with Crippen molar-refractivity contribution < 1.29 is 18.0 Å². The van der Waals surface area contributed by atoms with Gasteiger partial charge in [0, 0.05) is 10.0 Å². The Morgan fingerprint density at radius 3 is 2.38 bits per heavy atom. The zero-order chi connectivity index (χ0) is 15.6. The number of carbonyl (C=O) groups excluding carboxylic acids is 1. The maximum Gasteiger partial charge on any atom is 0.229 e. The molecule has 2 aromatic rings. The van der Waals surface area contributed by atoms with E-state index < -0.39 is 29.8 Å². The minimum Gasteiger partial charge on any atom is -0.324 e. The van der Waals surface area contributed by atoms with Gasteiger partial charge in [0.1, 0.15) is 17.5 Å². The molecule has 0 heterocycles. The summed E-state index contributed by atoms with van der Waals surface area (Å²) in [6.07, 6.45) is -0.501. The Morgan fingerprint density at radius 2 is 1.81 bits per heavy atom. The van der Waals surface area contributed by atoms with Crippen LogP contribution in [0.5, 0.6) is 0 Å². The van der Waals surface area contributed by atoms with Crippen molar-refractivity contribution in [2.45, 2.75) is 6.42 Å². The van der Waals surface area contributed by atoms with E-state index in [-0.39, 0.29) is 20.7 Å². The molecule has 2 aromatic carbocycles. The summed E-state index contributed by atoms with van der Waals surface area (Å²) in [6.45, 7) is 0. The molecule has 0 bridgehead atoms. The van der Waals surface area contributed by atoms with E-state index >= 15 is 0 Å². The van der Waals surface area contributed by atoms with Gasteiger partial charge >= 0.3 is 0 Å². The molecule has 0 fully saturated rings. The fourth-order valence-electron chi connectivity index (χ4n) is 1.71. The maximum absolute atomic E-state index is 13.5. The van der Waals surface area contributed by atoms with E-state index in [9.17, 15) is 18.0 Å². The molecule has 7 heteroatoms. The van der Waals surface area contributed by atoms with Crippen molar-refractivity contribution in [3.05, 3.63) is 62.8 Å². The van der Waals surface area contributed by atoms with Crippen molar-refractivity contribution in [2.75, 3.05) is 5.32 Å². The number of benzene rings is 2. The van der Waals surface area contributed by atoms with Crippen molar-refractivity contribution in [3.63, 3.8) is 0 Å². The predicted octanol–water partition coefficient (Wildman–Crippen LogP) is 4.70. The van der Waals surface area contributed by atoms with E-state index in [1.165, 1.54) is 6.07 Å². The number of halogens is 5. The minimum atomic E-state index is -0.811. The highest BCUT2D eigenvalue weighted by Crippen LogP contribution is 2.31. The monoisotopic (exact) mass is 377 g/mol. The molecule has 1 amide bonds. The van der Waals surface area contributed by atoms with E-state index in [1.807, 2.05) is 0 Å². The van der Waals surface area contributed by atoms with Gasteiger partial charge in [0.05, 0.1) is 17.1 Å². The van der Waals surface area contributed by atoms with Gasteiger partial charge in [-0.15, -0.1) is 0 Å². The highest BCUT2D eigenvalue weighted by molar-refractivity contribution is 9.10. The smallest absolute Gasteiger partial charge is 0.229 e. The Balaban J connectivity index is 2.20. The molecule has 0 aromatic heterocycles. The number of carbonyl (C=O) groups is 1. The molecule has 0 radical (unpaired) electrons. The van der Waals surface area contributed by atoms with Gasteiger partial charge in [-0.05, 0) is 40.2 Å². The lowest BCUT2D eigenvalue weighted by molar-refractivity contribution is -0.115. The first kappa shape index (κ1) is 15.9. The fraction of sp³-hybridized carbons (Fsp3) is 0.0714. The average molecular weight is 379 g/mol. The summed E-state index contributed by atoms with van der Waals surface area (Å²) in [5.74, 6) is -2.87. The van der Waals surface area contributed by atoms with Crippen molar-refractivity contribution in [1.82, 2.24) is 0 Å². The predicted molar refractivity (Wildman–Crippen MR) is 77.8 cm³/mol. The quantitative estimate of drug-likeness (QED) is 0.824. The minimum absolute atomic E-state index is 0.0239. The normalized spacial score (nSPS) is 10.5. The second kappa shape index (κ2) is 6.49. The Hall–Kier alpha value is -1.53. The summed E-state index contributed by atoms with van der Waals surface area (Å²) >= 11 is 8.87. The van der Waals surface area contributed by atoms with Crippen LogP contribution in [0.15, 0.2) is 34.8 Å². The van der Waals surface area contributed by atoms with Gasteiger partial charge in [-0.25, -0.2) is 13.2 Å². The molecule has 21 heavy (non-hydrogen) atoms. The van der Waals surface area contributed by atoms with Crippen LogP contribution in [-0.2, 0) is 11.2 Å². The molecule has 0 saturated heterocycles. The number of hydrogen-bond donors (Lipinski definition) is 1. The van der Waals surface area contributed by atoms with E-state index in [0.717, 1.165) is 24.3 Å². The Morgan fingerprint density at radius 1 is 1.19 bits per heavy atom. The highest BCUT2D eigenvalue weighted by atomic mass is 79.9. The van der Waals surface area contributed by atoms with Crippen molar-refractivity contribution >= 4 is 39.1 Å². The summed E-state index contributed by atoms with van der Waals surface area (Å²) in [6, 6.07) is 5.47. The lowest BCUT2D eigenvalue weighted by Gasteiger charge is -2.10. The van der Waals surface area contributed by atoms with Gasteiger partial charge in [-0.3, -0.25) is 4.79 Å².